The van der Waals surface area contributed by atoms with Crippen molar-refractivity contribution < 1.29 is 14.3 Å². The first-order chi connectivity index (χ1) is 13.7. The summed E-state index contributed by atoms with van der Waals surface area (Å²) in [7, 11) is 0. The van der Waals surface area contributed by atoms with Gasteiger partial charge in [-0.1, -0.05) is 66.7 Å². The summed E-state index contributed by atoms with van der Waals surface area (Å²) in [5.74, 6) is 1.62. The summed E-state index contributed by atoms with van der Waals surface area (Å²) in [5, 5.41) is 3.02. The van der Waals surface area contributed by atoms with Crippen molar-refractivity contribution in [3.8, 4) is 11.5 Å². The molecule has 1 N–H and O–H groups in total. The van der Waals surface area contributed by atoms with Crippen molar-refractivity contribution in [2.75, 3.05) is 13.3 Å². The molecule has 1 unspecified atom stereocenters. The third-order valence-corrected chi connectivity index (χ3v) is 5.12. The monoisotopic (exact) mass is 373 g/mol. The van der Waals surface area contributed by atoms with Gasteiger partial charge >= 0.3 is 0 Å². The van der Waals surface area contributed by atoms with E-state index in [2.05, 4.69) is 59.9 Å². The number of nitrogens with one attached hydrogen (secondary N) is 1. The SMILES string of the molecule is CC(=O)NCC(c1ccc2c(c1)OCO2)C(c1ccccc1)c1ccccc1. The minimum absolute atomic E-state index is 0.0365. The van der Waals surface area contributed by atoms with Gasteiger partial charge in [0.25, 0.3) is 0 Å². The zero-order valence-corrected chi connectivity index (χ0v) is 15.8. The van der Waals surface area contributed by atoms with E-state index in [1.807, 2.05) is 24.3 Å². The van der Waals surface area contributed by atoms with E-state index in [9.17, 15) is 4.79 Å². The Morgan fingerprint density at radius 1 is 0.857 bits per heavy atom. The van der Waals surface area contributed by atoms with Crippen molar-refractivity contribution in [1.29, 1.82) is 0 Å². The van der Waals surface area contributed by atoms with Gasteiger partial charge in [0.15, 0.2) is 11.5 Å². The number of carbonyl (C=O) groups is 1. The molecule has 0 aliphatic carbocycles. The molecule has 0 bridgehead atoms. The third kappa shape index (κ3) is 3.86. The lowest BCUT2D eigenvalue weighted by molar-refractivity contribution is -0.119. The van der Waals surface area contributed by atoms with Crippen molar-refractivity contribution in [3.05, 3.63) is 95.6 Å². The van der Waals surface area contributed by atoms with Crippen LogP contribution in [-0.2, 0) is 4.79 Å². The molecule has 0 saturated heterocycles. The predicted octanol–water partition coefficient (Wildman–Crippen LogP) is 4.47. The van der Waals surface area contributed by atoms with Gasteiger partial charge in [0.05, 0.1) is 0 Å². The Hall–Kier alpha value is -3.27. The van der Waals surface area contributed by atoms with Gasteiger partial charge in [-0.3, -0.25) is 4.79 Å². The van der Waals surface area contributed by atoms with Crippen LogP contribution in [0.1, 0.15) is 35.4 Å². The van der Waals surface area contributed by atoms with E-state index >= 15 is 0 Å². The maximum atomic E-state index is 11.7. The van der Waals surface area contributed by atoms with Crippen LogP contribution in [0.5, 0.6) is 11.5 Å². The summed E-state index contributed by atoms with van der Waals surface area (Å²) in [4.78, 5) is 11.7. The van der Waals surface area contributed by atoms with Gasteiger partial charge < -0.3 is 14.8 Å². The topological polar surface area (TPSA) is 47.6 Å². The molecular formula is C24H23NO3. The van der Waals surface area contributed by atoms with Gasteiger partial charge in [-0.2, -0.15) is 0 Å². The highest BCUT2D eigenvalue weighted by Crippen LogP contribution is 2.41. The smallest absolute Gasteiger partial charge is 0.231 e. The molecule has 1 amide bonds. The number of hydrogen-bond acceptors (Lipinski definition) is 3. The molecule has 1 aliphatic heterocycles. The van der Waals surface area contributed by atoms with Crippen LogP contribution >= 0.6 is 0 Å². The summed E-state index contributed by atoms with van der Waals surface area (Å²) in [6, 6.07) is 26.9. The van der Waals surface area contributed by atoms with Crippen LogP contribution < -0.4 is 14.8 Å². The number of ether oxygens (including phenoxy) is 2. The normalized spacial score (nSPS) is 13.4. The minimum atomic E-state index is -0.0365. The van der Waals surface area contributed by atoms with E-state index in [-0.39, 0.29) is 24.5 Å². The number of hydrogen-bond donors (Lipinski definition) is 1. The predicted molar refractivity (Wildman–Crippen MR) is 109 cm³/mol. The average molecular weight is 373 g/mol. The first-order valence-electron chi connectivity index (χ1n) is 9.46. The molecule has 1 heterocycles. The quantitative estimate of drug-likeness (QED) is 0.694. The zero-order valence-electron chi connectivity index (χ0n) is 15.8. The van der Waals surface area contributed by atoms with Crippen LogP contribution in [0, 0.1) is 0 Å². The van der Waals surface area contributed by atoms with E-state index in [1.54, 1.807) is 6.92 Å². The summed E-state index contributed by atoms with van der Waals surface area (Å²) in [5.41, 5.74) is 3.53. The van der Waals surface area contributed by atoms with Crippen molar-refractivity contribution in [2.24, 2.45) is 0 Å². The van der Waals surface area contributed by atoms with Gasteiger partial charge in [-0.25, -0.2) is 0 Å². The minimum Gasteiger partial charge on any atom is -0.454 e. The van der Waals surface area contributed by atoms with Crippen molar-refractivity contribution >= 4 is 5.91 Å². The molecule has 3 aromatic carbocycles. The molecule has 1 atom stereocenters. The molecule has 1 aliphatic rings. The van der Waals surface area contributed by atoms with Gasteiger partial charge in [0.2, 0.25) is 12.7 Å². The van der Waals surface area contributed by atoms with E-state index in [4.69, 9.17) is 9.47 Å². The molecule has 3 aromatic rings. The van der Waals surface area contributed by atoms with Crippen LogP contribution in [0.3, 0.4) is 0 Å². The van der Waals surface area contributed by atoms with Gasteiger partial charge in [0.1, 0.15) is 0 Å². The van der Waals surface area contributed by atoms with E-state index in [1.165, 1.54) is 11.1 Å². The zero-order chi connectivity index (χ0) is 19.3. The highest BCUT2D eigenvalue weighted by Gasteiger charge is 2.28. The Bertz CT molecular complexity index is 901. The number of fused-ring (bicyclic) bond motifs is 1. The fraction of sp³-hybridized carbons (Fsp3) is 0.208. The maximum Gasteiger partial charge on any atom is 0.231 e. The Kier molecular flexibility index (Phi) is 5.29. The Morgan fingerprint density at radius 2 is 1.46 bits per heavy atom. The maximum absolute atomic E-state index is 11.7. The molecule has 4 nitrogen and oxygen atoms in total. The molecule has 28 heavy (non-hydrogen) atoms. The van der Waals surface area contributed by atoms with E-state index in [0.29, 0.717) is 6.54 Å². The number of amides is 1. The lowest BCUT2D eigenvalue weighted by Crippen LogP contribution is -2.29. The fourth-order valence-electron chi connectivity index (χ4n) is 3.80. The first kappa shape index (κ1) is 18.1. The largest absolute Gasteiger partial charge is 0.454 e. The number of benzene rings is 3. The molecular weight excluding hydrogens is 350 g/mol. The van der Waals surface area contributed by atoms with E-state index < -0.39 is 0 Å². The first-order valence-corrected chi connectivity index (χ1v) is 9.46. The molecule has 0 aromatic heterocycles. The Morgan fingerprint density at radius 3 is 2.07 bits per heavy atom. The van der Waals surface area contributed by atoms with Crippen LogP contribution in [0.2, 0.25) is 0 Å². The Labute approximate surface area is 165 Å². The van der Waals surface area contributed by atoms with Crippen LogP contribution in [0.15, 0.2) is 78.9 Å². The van der Waals surface area contributed by atoms with Crippen LogP contribution in [0.25, 0.3) is 0 Å². The average Bonchev–Trinajstić information content (AvgIpc) is 3.20. The fourth-order valence-corrected chi connectivity index (χ4v) is 3.80. The van der Waals surface area contributed by atoms with Crippen molar-refractivity contribution in [1.82, 2.24) is 5.32 Å². The Balaban J connectivity index is 1.80. The summed E-state index contributed by atoms with van der Waals surface area (Å²) in [6.07, 6.45) is 0. The standard InChI is InChI=1S/C24H23NO3/c1-17(26)25-15-21(20-12-13-22-23(14-20)28-16-27-22)24(18-8-4-2-5-9-18)19-10-6-3-7-11-19/h2-14,21,24H,15-16H2,1H3,(H,25,26). The highest BCUT2D eigenvalue weighted by molar-refractivity contribution is 5.73. The van der Waals surface area contributed by atoms with Gasteiger partial charge in [0, 0.05) is 25.3 Å². The second kappa shape index (κ2) is 8.17. The molecule has 4 rings (SSSR count). The second-order valence-electron chi connectivity index (χ2n) is 6.96. The van der Waals surface area contributed by atoms with Gasteiger partial charge in [-0.05, 0) is 28.8 Å². The summed E-state index contributed by atoms with van der Waals surface area (Å²) >= 11 is 0. The van der Waals surface area contributed by atoms with Gasteiger partial charge in [-0.15, -0.1) is 0 Å². The molecule has 0 spiro atoms. The highest BCUT2D eigenvalue weighted by atomic mass is 16.7. The van der Waals surface area contributed by atoms with Crippen molar-refractivity contribution in [3.63, 3.8) is 0 Å². The second-order valence-corrected chi connectivity index (χ2v) is 6.96. The molecule has 0 saturated carbocycles. The molecule has 0 fully saturated rings. The lowest BCUT2D eigenvalue weighted by atomic mass is 9.77. The molecule has 4 heteroatoms. The third-order valence-electron chi connectivity index (χ3n) is 5.12. The van der Waals surface area contributed by atoms with Crippen molar-refractivity contribution in [2.45, 2.75) is 18.8 Å². The molecule has 142 valence electrons. The van der Waals surface area contributed by atoms with E-state index in [0.717, 1.165) is 17.1 Å². The summed E-state index contributed by atoms with van der Waals surface area (Å²) < 4.78 is 11.1. The number of carbonyl (C=O) groups excluding carboxylic acids is 1. The lowest BCUT2D eigenvalue weighted by Gasteiger charge is -2.29. The summed E-state index contributed by atoms with van der Waals surface area (Å²) in [6.45, 7) is 2.33. The van der Waals surface area contributed by atoms with Crippen LogP contribution in [-0.4, -0.2) is 19.2 Å². The molecule has 0 radical (unpaired) electrons. The van der Waals surface area contributed by atoms with Crippen LogP contribution in [0.4, 0.5) is 0 Å². The number of rotatable bonds is 6.